The van der Waals surface area contributed by atoms with Crippen LogP contribution in [0.15, 0.2) is 0 Å². The van der Waals surface area contributed by atoms with E-state index in [1.807, 2.05) is 6.92 Å². The Bertz CT molecular complexity index is 193. The smallest absolute Gasteiger partial charge is 0.0765 e. The second-order valence-corrected chi connectivity index (χ2v) is 5.02. The van der Waals surface area contributed by atoms with E-state index in [0.29, 0.717) is 25.6 Å². The van der Waals surface area contributed by atoms with Gasteiger partial charge in [-0.25, -0.2) is 0 Å². The SMILES string of the molecule is COCCC(C)(O)CNC(COC)C1CC1. The van der Waals surface area contributed by atoms with Crippen molar-refractivity contribution in [3.05, 3.63) is 0 Å². The van der Waals surface area contributed by atoms with E-state index in [4.69, 9.17) is 9.47 Å². The summed E-state index contributed by atoms with van der Waals surface area (Å²) in [5.41, 5.74) is -0.698. The molecule has 0 aromatic rings. The molecule has 16 heavy (non-hydrogen) atoms. The van der Waals surface area contributed by atoms with Gasteiger partial charge in [-0.05, 0) is 25.7 Å². The molecule has 0 bridgehead atoms. The Kier molecular flexibility index (Phi) is 5.69. The van der Waals surface area contributed by atoms with E-state index in [9.17, 15) is 5.11 Å². The number of aliphatic hydroxyl groups is 1. The molecule has 1 saturated carbocycles. The van der Waals surface area contributed by atoms with Gasteiger partial charge in [-0.15, -0.1) is 0 Å². The van der Waals surface area contributed by atoms with E-state index in [-0.39, 0.29) is 0 Å². The van der Waals surface area contributed by atoms with Crippen LogP contribution in [0, 0.1) is 5.92 Å². The summed E-state index contributed by atoms with van der Waals surface area (Å²) in [5, 5.41) is 13.5. The molecule has 0 saturated heterocycles. The van der Waals surface area contributed by atoms with E-state index >= 15 is 0 Å². The zero-order chi connectivity index (χ0) is 12.0. The second-order valence-electron chi connectivity index (χ2n) is 5.02. The normalized spacial score (nSPS) is 21.8. The maximum Gasteiger partial charge on any atom is 0.0765 e. The number of hydrogen-bond donors (Lipinski definition) is 2. The molecular weight excluding hydrogens is 206 g/mol. The largest absolute Gasteiger partial charge is 0.389 e. The Morgan fingerprint density at radius 2 is 2.06 bits per heavy atom. The molecule has 2 unspecified atom stereocenters. The van der Waals surface area contributed by atoms with Crippen LogP contribution >= 0.6 is 0 Å². The molecule has 96 valence electrons. The first-order valence-electron chi connectivity index (χ1n) is 6.02. The summed E-state index contributed by atoms with van der Waals surface area (Å²) in [6.45, 7) is 3.76. The van der Waals surface area contributed by atoms with E-state index in [1.165, 1.54) is 12.8 Å². The fourth-order valence-corrected chi connectivity index (χ4v) is 1.80. The molecule has 0 aromatic carbocycles. The monoisotopic (exact) mass is 231 g/mol. The molecule has 4 heteroatoms. The third-order valence-corrected chi connectivity index (χ3v) is 3.13. The Hall–Kier alpha value is -0.160. The summed E-state index contributed by atoms with van der Waals surface area (Å²) >= 11 is 0. The van der Waals surface area contributed by atoms with Crippen LogP contribution in [0.4, 0.5) is 0 Å². The predicted molar refractivity (Wildman–Crippen MR) is 63.5 cm³/mol. The van der Waals surface area contributed by atoms with Crippen molar-refractivity contribution in [2.45, 2.75) is 37.8 Å². The summed E-state index contributed by atoms with van der Waals surface area (Å²) in [4.78, 5) is 0. The van der Waals surface area contributed by atoms with Gasteiger partial charge < -0.3 is 19.9 Å². The first kappa shape index (κ1) is 13.9. The highest BCUT2D eigenvalue weighted by molar-refractivity contribution is 4.88. The van der Waals surface area contributed by atoms with Gasteiger partial charge >= 0.3 is 0 Å². The van der Waals surface area contributed by atoms with Crippen LogP contribution in [0.1, 0.15) is 26.2 Å². The van der Waals surface area contributed by atoms with Gasteiger partial charge in [0, 0.05) is 39.8 Å². The molecule has 1 aliphatic rings. The molecule has 1 rings (SSSR count). The van der Waals surface area contributed by atoms with E-state index in [1.54, 1.807) is 14.2 Å². The van der Waals surface area contributed by atoms with Crippen molar-refractivity contribution in [1.82, 2.24) is 5.32 Å². The van der Waals surface area contributed by atoms with Crippen LogP contribution < -0.4 is 5.32 Å². The summed E-state index contributed by atoms with van der Waals surface area (Å²) in [5.74, 6) is 0.734. The Labute approximate surface area is 98.3 Å². The number of rotatable bonds is 9. The zero-order valence-corrected chi connectivity index (χ0v) is 10.7. The molecule has 2 atom stereocenters. The van der Waals surface area contributed by atoms with Crippen molar-refractivity contribution in [2.24, 2.45) is 5.92 Å². The lowest BCUT2D eigenvalue weighted by Crippen LogP contribution is -2.45. The molecule has 0 amide bonds. The molecule has 1 aliphatic carbocycles. The van der Waals surface area contributed by atoms with Crippen LogP contribution in [0.5, 0.6) is 0 Å². The van der Waals surface area contributed by atoms with Crippen molar-refractivity contribution in [3.8, 4) is 0 Å². The average Bonchev–Trinajstić information content (AvgIpc) is 3.05. The molecule has 1 fully saturated rings. The van der Waals surface area contributed by atoms with Crippen LogP contribution in [0.2, 0.25) is 0 Å². The highest BCUT2D eigenvalue weighted by Crippen LogP contribution is 2.32. The van der Waals surface area contributed by atoms with Crippen molar-refractivity contribution in [1.29, 1.82) is 0 Å². The Morgan fingerprint density at radius 1 is 1.38 bits per heavy atom. The van der Waals surface area contributed by atoms with Crippen molar-refractivity contribution < 1.29 is 14.6 Å². The van der Waals surface area contributed by atoms with Crippen LogP contribution in [0.25, 0.3) is 0 Å². The van der Waals surface area contributed by atoms with Crippen LogP contribution in [0.3, 0.4) is 0 Å². The van der Waals surface area contributed by atoms with E-state index in [0.717, 1.165) is 12.5 Å². The van der Waals surface area contributed by atoms with Gasteiger partial charge in [-0.2, -0.15) is 0 Å². The first-order valence-corrected chi connectivity index (χ1v) is 6.02. The van der Waals surface area contributed by atoms with Crippen molar-refractivity contribution in [3.63, 3.8) is 0 Å². The highest BCUT2D eigenvalue weighted by Gasteiger charge is 2.32. The number of methoxy groups -OCH3 is 2. The molecule has 0 heterocycles. The fraction of sp³-hybridized carbons (Fsp3) is 1.00. The second kappa shape index (κ2) is 6.55. The number of nitrogens with one attached hydrogen (secondary N) is 1. The highest BCUT2D eigenvalue weighted by atomic mass is 16.5. The van der Waals surface area contributed by atoms with Gasteiger partial charge in [0.2, 0.25) is 0 Å². The number of ether oxygens (including phenoxy) is 2. The van der Waals surface area contributed by atoms with Crippen molar-refractivity contribution in [2.75, 3.05) is 34.0 Å². The lowest BCUT2D eigenvalue weighted by Gasteiger charge is -2.27. The molecule has 4 nitrogen and oxygen atoms in total. The average molecular weight is 231 g/mol. The van der Waals surface area contributed by atoms with Gasteiger partial charge in [0.05, 0.1) is 12.2 Å². The molecule has 2 N–H and O–H groups in total. The molecule has 0 spiro atoms. The molecular formula is C12H25NO3. The summed E-state index contributed by atoms with van der Waals surface area (Å²) in [6.07, 6.45) is 3.21. The third kappa shape index (κ3) is 5.25. The summed E-state index contributed by atoms with van der Waals surface area (Å²) in [7, 11) is 3.38. The molecule has 0 aliphatic heterocycles. The minimum atomic E-state index is -0.698. The quantitative estimate of drug-likeness (QED) is 0.616. The maximum atomic E-state index is 10.1. The Balaban J connectivity index is 2.23. The van der Waals surface area contributed by atoms with Gasteiger partial charge in [-0.1, -0.05) is 0 Å². The summed E-state index contributed by atoms with van der Waals surface area (Å²) < 4.78 is 10.2. The standard InChI is InChI=1S/C12H25NO3/c1-12(14,6-7-15-2)9-13-11(8-16-3)10-4-5-10/h10-11,13-14H,4-9H2,1-3H3. The van der Waals surface area contributed by atoms with Crippen LogP contribution in [-0.2, 0) is 9.47 Å². The topological polar surface area (TPSA) is 50.7 Å². The molecule has 0 radical (unpaired) electrons. The third-order valence-electron chi connectivity index (χ3n) is 3.13. The van der Waals surface area contributed by atoms with Gasteiger partial charge in [-0.3, -0.25) is 0 Å². The lowest BCUT2D eigenvalue weighted by atomic mass is 10.0. The minimum Gasteiger partial charge on any atom is -0.389 e. The lowest BCUT2D eigenvalue weighted by molar-refractivity contribution is 0.0191. The van der Waals surface area contributed by atoms with Gasteiger partial charge in [0.1, 0.15) is 0 Å². The fourth-order valence-electron chi connectivity index (χ4n) is 1.80. The summed E-state index contributed by atoms with van der Waals surface area (Å²) in [6, 6.07) is 0.388. The van der Waals surface area contributed by atoms with E-state index < -0.39 is 5.60 Å². The zero-order valence-electron chi connectivity index (χ0n) is 10.7. The van der Waals surface area contributed by atoms with Crippen molar-refractivity contribution >= 4 is 0 Å². The minimum absolute atomic E-state index is 0.388. The predicted octanol–water partition coefficient (Wildman–Crippen LogP) is 0.788. The van der Waals surface area contributed by atoms with Gasteiger partial charge in [0.15, 0.2) is 0 Å². The maximum absolute atomic E-state index is 10.1. The Morgan fingerprint density at radius 3 is 2.56 bits per heavy atom. The molecule has 0 aromatic heterocycles. The van der Waals surface area contributed by atoms with Gasteiger partial charge in [0.25, 0.3) is 0 Å². The first-order chi connectivity index (χ1) is 7.59. The van der Waals surface area contributed by atoms with Crippen LogP contribution in [-0.4, -0.2) is 50.7 Å². The number of hydrogen-bond acceptors (Lipinski definition) is 4. The van der Waals surface area contributed by atoms with E-state index in [2.05, 4.69) is 5.32 Å².